The van der Waals surface area contributed by atoms with Crippen molar-refractivity contribution >= 4 is 21.8 Å². The zero-order valence-electron chi connectivity index (χ0n) is 9.82. The summed E-state index contributed by atoms with van der Waals surface area (Å²) in [7, 11) is 0. The van der Waals surface area contributed by atoms with Gasteiger partial charge in [-0.25, -0.2) is 0 Å². The number of rotatable bonds is 2. The topological polar surface area (TPSA) is 40.5 Å². The van der Waals surface area contributed by atoms with Crippen molar-refractivity contribution in [2.24, 2.45) is 0 Å². The van der Waals surface area contributed by atoms with Gasteiger partial charge in [-0.05, 0) is 43.5 Å². The molecule has 2 rings (SSSR count). The maximum Gasteiger partial charge on any atom is 0.254 e. The van der Waals surface area contributed by atoms with Gasteiger partial charge in [-0.1, -0.05) is 15.9 Å². The van der Waals surface area contributed by atoms with Crippen molar-refractivity contribution < 1.29 is 9.90 Å². The third-order valence-corrected chi connectivity index (χ3v) is 4.14. The molecule has 1 atom stereocenters. The average molecular weight is 298 g/mol. The van der Waals surface area contributed by atoms with E-state index < -0.39 is 0 Å². The zero-order chi connectivity index (χ0) is 12.4. The molecule has 4 heteroatoms. The summed E-state index contributed by atoms with van der Waals surface area (Å²) in [5, 5.41) is 9.23. The van der Waals surface area contributed by atoms with Crippen LogP contribution in [0.2, 0.25) is 0 Å². The number of benzene rings is 1. The van der Waals surface area contributed by atoms with Gasteiger partial charge >= 0.3 is 0 Å². The number of aryl methyl sites for hydroxylation is 1. The first-order valence-corrected chi connectivity index (χ1v) is 6.60. The van der Waals surface area contributed by atoms with E-state index in [1.165, 1.54) is 0 Å². The highest BCUT2D eigenvalue weighted by atomic mass is 79.9. The third kappa shape index (κ3) is 2.53. The Morgan fingerprint density at radius 2 is 2.35 bits per heavy atom. The molecule has 0 aromatic heterocycles. The van der Waals surface area contributed by atoms with Crippen LogP contribution in [0.4, 0.5) is 0 Å². The first-order valence-electron chi connectivity index (χ1n) is 5.81. The molecule has 1 aliphatic heterocycles. The first-order chi connectivity index (χ1) is 8.13. The van der Waals surface area contributed by atoms with E-state index in [1.807, 2.05) is 25.1 Å². The molecule has 1 fully saturated rings. The molecule has 3 nitrogen and oxygen atoms in total. The van der Waals surface area contributed by atoms with Crippen LogP contribution in [-0.2, 0) is 0 Å². The summed E-state index contributed by atoms with van der Waals surface area (Å²) in [5.74, 6) is 0.0251. The predicted molar refractivity (Wildman–Crippen MR) is 70.0 cm³/mol. The van der Waals surface area contributed by atoms with Crippen LogP contribution in [0.5, 0.6) is 0 Å². The number of hydrogen-bond donors (Lipinski definition) is 1. The number of amides is 1. The van der Waals surface area contributed by atoms with Gasteiger partial charge in [0.1, 0.15) is 0 Å². The highest BCUT2D eigenvalue weighted by molar-refractivity contribution is 9.10. The molecular weight excluding hydrogens is 282 g/mol. The Bertz CT molecular complexity index is 433. The van der Waals surface area contributed by atoms with E-state index in [1.54, 1.807) is 4.90 Å². The zero-order valence-corrected chi connectivity index (χ0v) is 11.4. The monoisotopic (exact) mass is 297 g/mol. The number of halogens is 1. The number of likely N-dealkylation sites (tertiary alicyclic amines) is 1. The van der Waals surface area contributed by atoms with E-state index in [9.17, 15) is 9.90 Å². The molecule has 1 aromatic carbocycles. The summed E-state index contributed by atoms with van der Waals surface area (Å²) >= 11 is 3.42. The lowest BCUT2D eigenvalue weighted by molar-refractivity contribution is 0.0677. The second kappa shape index (κ2) is 5.19. The van der Waals surface area contributed by atoms with Gasteiger partial charge in [0.25, 0.3) is 5.91 Å². The van der Waals surface area contributed by atoms with Crippen molar-refractivity contribution in [2.45, 2.75) is 25.8 Å². The van der Waals surface area contributed by atoms with Gasteiger partial charge in [-0.15, -0.1) is 0 Å². The molecule has 0 bridgehead atoms. The van der Waals surface area contributed by atoms with E-state index in [0.29, 0.717) is 5.56 Å². The molecule has 1 aromatic rings. The molecule has 1 heterocycles. The summed E-state index contributed by atoms with van der Waals surface area (Å²) in [5.41, 5.74) is 1.75. The minimum absolute atomic E-state index is 0.00791. The molecule has 0 aliphatic carbocycles. The van der Waals surface area contributed by atoms with Crippen molar-refractivity contribution in [3.63, 3.8) is 0 Å². The molecular formula is C13H16BrNO2. The molecule has 17 heavy (non-hydrogen) atoms. The van der Waals surface area contributed by atoms with Crippen LogP contribution in [0.25, 0.3) is 0 Å². The summed E-state index contributed by atoms with van der Waals surface area (Å²) in [6.45, 7) is 2.77. The molecule has 0 unspecified atom stereocenters. The minimum Gasteiger partial charge on any atom is -0.394 e. The van der Waals surface area contributed by atoms with Crippen molar-refractivity contribution in [1.29, 1.82) is 0 Å². The Labute approximate surface area is 110 Å². The van der Waals surface area contributed by atoms with Crippen molar-refractivity contribution in [1.82, 2.24) is 4.90 Å². The fraction of sp³-hybridized carbons (Fsp3) is 0.462. The lowest BCUT2D eigenvalue weighted by Gasteiger charge is -2.23. The van der Waals surface area contributed by atoms with Crippen LogP contribution in [0.3, 0.4) is 0 Å². The quantitative estimate of drug-likeness (QED) is 0.910. The number of aliphatic hydroxyl groups excluding tert-OH is 1. The molecule has 1 amide bonds. The largest absolute Gasteiger partial charge is 0.394 e. The van der Waals surface area contributed by atoms with Gasteiger partial charge in [0, 0.05) is 16.6 Å². The second-order valence-electron chi connectivity index (χ2n) is 4.44. The molecule has 92 valence electrons. The molecule has 1 aliphatic rings. The number of nitrogens with zero attached hydrogens (tertiary/aromatic N) is 1. The van der Waals surface area contributed by atoms with E-state index >= 15 is 0 Å². The molecule has 0 saturated carbocycles. The van der Waals surface area contributed by atoms with Crippen molar-refractivity contribution in [3.8, 4) is 0 Å². The maximum absolute atomic E-state index is 12.3. The molecule has 0 radical (unpaired) electrons. The Morgan fingerprint density at radius 1 is 1.59 bits per heavy atom. The molecule has 1 saturated heterocycles. The minimum atomic E-state index is -0.00791. The summed E-state index contributed by atoms with van der Waals surface area (Å²) < 4.78 is 1.01. The normalized spacial score (nSPS) is 19.7. The van der Waals surface area contributed by atoms with Crippen LogP contribution in [0.15, 0.2) is 22.7 Å². The van der Waals surface area contributed by atoms with E-state index in [4.69, 9.17) is 0 Å². The summed E-state index contributed by atoms with van der Waals surface area (Å²) in [4.78, 5) is 14.1. The average Bonchev–Trinajstić information content (AvgIpc) is 2.80. The number of carbonyl (C=O) groups is 1. The van der Waals surface area contributed by atoms with Gasteiger partial charge < -0.3 is 10.0 Å². The lowest BCUT2D eigenvalue weighted by Crippen LogP contribution is -2.37. The second-order valence-corrected chi connectivity index (χ2v) is 5.30. The van der Waals surface area contributed by atoms with Crippen molar-refractivity contribution in [2.75, 3.05) is 13.2 Å². The Kier molecular flexibility index (Phi) is 3.84. The van der Waals surface area contributed by atoms with Gasteiger partial charge in [-0.2, -0.15) is 0 Å². The van der Waals surface area contributed by atoms with Crippen LogP contribution < -0.4 is 0 Å². The maximum atomic E-state index is 12.3. The third-order valence-electron chi connectivity index (χ3n) is 3.25. The van der Waals surface area contributed by atoms with Gasteiger partial charge in [0.15, 0.2) is 0 Å². The van der Waals surface area contributed by atoms with E-state index in [2.05, 4.69) is 15.9 Å². The van der Waals surface area contributed by atoms with Gasteiger partial charge in [0.05, 0.1) is 12.6 Å². The first kappa shape index (κ1) is 12.6. The summed E-state index contributed by atoms with van der Waals surface area (Å²) in [6.07, 6.45) is 1.88. The van der Waals surface area contributed by atoms with Crippen LogP contribution in [-0.4, -0.2) is 35.1 Å². The van der Waals surface area contributed by atoms with Gasteiger partial charge in [0.2, 0.25) is 0 Å². The molecule has 1 N–H and O–H groups in total. The van der Waals surface area contributed by atoms with Crippen LogP contribution in [0.1, 0.15) is 28.8 Å². The highest BCUT2D eigenvalue weighted by Gasteiger charge is 2.28. The van der Waals surface area contributed by atoms with Crippen molar-refractivity contribution in [3.05, 3.63) is 33.8 Å². The Morgan fingerprint density at radius 3 is 3.00 bits per heavy atom. The fourth-order valence-electron chi connectivity index (χ4n) is 2.24. The lowest BCUT2D eigenvalue weighted by atomic mass is 10.1. The number of hydrogen-bond acceptors (Lipinski definition) is 2. The van der Waals surface area contributed by atoms with E-state index in [-0.39, 0.29) is 18.6 Å². The molecule has 0 spiro atoms. The van der Waals surface area contributed by atoms with Gasteiger partial charge in [-0.3, -0.25) is 4.79 Å². The van der Waals surface area contributed by atoms with Crippen LogP contribution >= 0.6 is 15.9 Å². The highest BCUT2D eigenvalue weighted by Crippen LogP contribution is 2.22. The number of carbonyl (C=O) groups excluding carboxylic acids is 1. The Hall–Kier alpha value is -0.870. The number of aliphatic hydroxyl groups is 1. The van der Waals surface area contributed by atoms with Crippen LogP contribution in [0, 0.1) is 6.92 Å². The Balaban J connectivity index is 2.21. The summed E-state index contributed by atoms with van der Waals surface area (Å²) in [6, 6.07) is 5.60. The fourth-order valence-corrected chi connectivity index (χ4v) is 2.48. The smallest absolute Gasteiger partial charge is 0.254 e. The van der Waals surface area contributed by atoms with E-state index in [0.717, 1.165) is 29.4 Å². The SMILES string of the molecule is Cc1cc(C(=O)N2CCC[C@H]2CO)ccc1Br. The standard InChI is InChI=1S/C13H16BrNO2/c1-9-7-10(4-5-12(9)14)13(17)15-6-2-3-11(15)8-16/h4-5,7,11,16H,2-3,6,8H2,1H3/t11-/m0/s1. The predicted octanol–water partition coefficient (Wildman–Crippen LogP) is 2.35.